The SMILES string of the molecule is Cc1ccc(-c2ccc3c(c2)C(F)(F)Oc2c-3ccc(F)c2F)cc1. The molecule has 0 amide bonds. The Kier molecular flexibility index (Phi) is 3.35. The van der Waals surface area contributed by atoms with E-state index >= 15 is 0 Å². The minimum Gasteiger partial charge on any atom is -0.425 e. The van der Waals surface area contributed by atoms with E-state index in [0.717, 1.165) is 17.2 Å². The molecule has 1 aliphatic heterocycles. The Morgan fingerprint density at radius 2 is 1.44 bits per heavy atom. The lowest BCUT2D eigenvalue weighted by Gasteiger charge is -2.28. The molecule has 1 aliphatic rings. The van der Waals surface area contributed by atoms with Crippen LogP contribution in [0.15, 0.2) is 54.6 Å². The monoisotopic (exact) mass is 344 g/mol. The van der Waals surface area contributed by atoms with Gasteiger partial charge in [-0.15, -0.1) is 0 Å². The second-order valence-electron chi connectivity index (χ2n) is 5.98. The topological polar surface area (TPSA) is 9.23 Å². The van der Waals surface area contributed by atoms with Crippen molar-refractivity contribution in [1.29, 1.82) is 0 Å². The lowest BCUT2D eigenvalue weighted by molar-refractivity contribution is -0.188. The Morgan fingerprint density at radius 3 is 2.16 bits per heavy atom. The van der Waals surface area contributed by atoms with Crippen molar-refractivity contribution in [2.45, 2.75) is 13.0 Å². The van der Waals surface area contributed by atoms with E-state index in [4.69, 9.17) is 0 Å². The van der Waals surface area contributed by atoms with E-state index in [1.54, 1.807) is 6.07 Å². The zero-order chi connectivity index (χ0) is 17.8. The number of halogens is 4. The summed E-state index contributed by atoms with van der Waals surface area (Å²) in [5.41, 5.74) is 2.29. The maximum Gasteiger partial charge on any atom is 0.427 e. The number of hydrogen-bond acceptors (Lipinski definition) is 1. The van der Waals surface area contributed by atoms with E-state index < -0.39 is 23.5 Å². The third-order valence-electron chi connectivity index (χ3n) is 4.29. The minimum atomic E-state index is -3.75. The highest BCUT2D eigenvalue weighted by Gasteiger charge is 2.43. The molecule has 0 radical (unpaired) electrons. The molecular weight excluding hydrogens is 332 g/mol. The number of aryl methyl sites for hydroxylation is 1. The first-order valence-electron chi connectivity index (χ1n) is 7.63. The lowest BCUT2D eigenvalue weighted by Crippen LogP contribution is -2.27. The van der Waals surface area contributed by atoms with Gasteiger partial charge in [0.2, 0.25) is 5.82 Å². The molecule has 25 heavy (non-hydrogen) atoms. The van der Waals surface area contributed by atoms with Crippen LogP contribution in [-0.2, 0) is 6.11 Å². The fourth-order valence-electron chi connectivity index (χ4n) is 2.97. The van der Waals surface area contributed by atoms with E-state index in [0.29, 0.717) is 5.56 Å². The van der Waals surface area contributed by atoms with Crippen molar-refractivity contribution in [1.82, 2.24) is 0 Å². The molecule has 0 fully saturated rings. The molecule has 4 rings (SSSR count). The van der Waals surface area contributed by atoms with Gasteiger partial charge in [-0.1, -0.05) is 42.0 Å². The van der Waals surface area contributed by atoms with Gasteiger partial charge in [-0.05, 0) is 41.8 Å². The molecule has 3 aromatic rings. The number of rotatable bonds is 1. The molecule has 0 saturated carbocycles. The molecule has 0 aliphatic carbocycles. The fourth-order valence-corrected chi connectivity index (χ4v) is 2.97. The van der Waals surface area contributed by atoms with Crippen LogP contribution in [-0.4, -0.2) is 0 Å². The van der Waals surface area contributed by atoms with Gasteiger partial charge in [0.15, 0.2) is 11.6 Å². The number of fused-ring (bicyclic) bond motifs is 3. The summed E-state index contributed by atoms with van der Waals surface area (Å²) in [5, 5.41) is 0. The molecule has 1 nitrogen and oxygen atoms in total. The van der Waals surface area contributed by atoms with E-state index in [2.05, 4.69) is 4.74 Å². The summed E-state index contributed by atoms with van der Waals surface area (Å²) in [4.78, 5) is 0. The van der Waals surface area contributed by atoms with Crippen LogP contribution in [0.1, 0.15) is 11.1 Å². The predicted molar refractivity (Wildman–Crippen MR) is 86.5 cm³/mol. The highest BCUT2D eigenvalue weighted by molar-refractivity contribution is 5.79. The van der Waals surface area contributed by atoms with Crippen LogP contribution >= 0.6 is 0 Å². The normalized spacial score (nSPS) is 14.4. The van der Waals surface area contributed by atoms with Gasteiger partial charge in [0, 0.05) is 5.56 Å². The summed E-state index contributed by atoms with van der Waals surface area (Å²) in [6.07, 6.45) is -3.75. The molecule has 3 aromatic carbocycles. The summed E-state index contributed by atoms with van der Waals surface area (Å²) in [5.74, 6) is -3.40. The molecule has 0 aromatic heterocycles. The lowest BCUT2D eigenvalue weighted by atomic mass is 9.92. The zero-order valence-corrected chi connectivity index (χ0v) is 13.1. The first kappa shape index (κ1) is 15.7. The molecule has 0 spiro atoms. The highest BCUT2D eigenvalue weighted by Crippen LogP contribution is 2.49. The van der Waals surface area contributed by atoms with Gasteiger partial charge in [0.25, 0.3) is 0 Å². The van der Waals surface area contributed by atoms with Crippen LogP contribution in [0.4, 0.5) is 17.6 Å². The van der Waals surface area contributed by atoms with Crippen molar-refractivity contribution in [2.75, 3.05) is 0 Å². The average Bonchev–Trinajstić information content (AvgIpc) is 2.59. The molecule has 0 saturated heterocycles. The third-order valence-corrected chi connectivity index (χ3v) is 4.29. The van der Waals surface area contributed by atoms with Gasteiger partial charge in [-0.2, -0.15) is 13.2 Å². The van der Waals surface area contributed by atoms with Crippen LogP contribution in [0.5, 0.6) is 5.75 Å². The third kappa shape index (κ3) is 2.47. The van der Waals surface area contributed by atoms with Crippen molar-refractivity contribution in [3.05, 3.63) is 77.4 Å². The highest BCUT2D eigenvalue weighted by atomic mass is 19.3. The number of benzene rings is 3. The van der Waals surface area contributed by atoms with Gasteiger partial charge >= 0.3 is 6.11 Å². The Bertz CT molecular complexity index is 978. The Hall–Kier alpha value is -2.82. The molecule has 0 unspecified atom stereocenters. The minimum absolute atomic E-state index is 0.107. The summed E-state index contributed by atoms with van der Waals surface area (Å²) in [6, 6.07) is 14.1. The van der Waals surface area contributed by atoms with E-state index in [1.165, 1.54) is 18.2 Å². The summed E-state index contributed by atoms with van der Waals surface area (Å²) < 4.78 is 60.6. The molecule has 1 heterocycles. The Balaban J connectivity index is 1.92. The van der Waals surface area contributed by atoms with Crippen molar-refractivity contribution in [3.63, 3.8) is 0 Å². The molecule has 0 bridgehead atoms. The molecule has 0 N–H and O–H groups in total. The second-order valence-corrected chi connectivity index (χ2v) is 5.98. The second kappa shape index (κ2) is 5.34. The molecule has 126 valence electrons. The van der Waals surface area contributed by atoms with E-state index in [-0.39, 0.29) is 16.7 Å². The standard InChI is InChI=1S/C20H12F4O/c1-11-2-4-12(5-3-11)13-6-7-14-15-8-9-17(21)18(22)19(15)25-20(23,24)16(14)10-13/h2-10H,1H3. The van der Waals surface area contributed by atoms with Crippen molar-refractivity contribution in [3.8, 4) is 28.0 Å². The average molecular weight is 344 g/mol. The Labute approximate surface area is 141 Å². The van der Waals surface area contributed by atoms with Gasteiger partial charge in [-0.3, -0.25) is 0 Å². The van der Waals surface area contributed by atoms with Crippen LogP contribution in [0, 0.1) is 18.6 Å². The number of hydrogen-bond donors (Lipinski definition) is 0. The van der Waals surface area contributed by atoms with Gasteiger partial charge in [-0.25, -0.2) is 4.39 Å². The zero-order valence-electron chi connectivity index (χ0n) is 13.1. The van der Waals surface area contributed by atoms with Gasteiger partial charge in [0.05, 0.1) is 5.56 Å². The summed E-state index contributed by atoms with van der Waals surface area (Å²) in [6.45, 7) is 1.93. The molecule has 0 atom stereocenters. The maximum absolute atomic E-state index is 14.4. The van der Waals surface area contributed by atoms with E-state index in [9.17, 15) is 17.6 Å². The van der Waals surface area contributed by atoms with Crippen molar-refractivity contribution >= 4 is 0 Å². The summed E-state index contributed by atoms with van der Waals surface area (Å²) >= 11 is 0. The predicted octanol–water partition coefficient (Wildman–Crippen LogP) is 6.05. The van der Waals surface area contributed by atoms with Crippen molar-refractivity contribution in [2.24, 2.45) is 0 Å². The van der Waals surface area contributed by atoms with Crippen LogP contribution in [0.2, 0.25) is 0 Å². The fraction of sp³-hybridized carbons (Fsp3) is 0.100. The van der Waals surface area contributed by atoms with Crippen LogP contribution < -0.4 is 4.74 Å². The maximum atomic E-state index is 14.4. The van der Waals surface area contributed by atoms with Crippen molar-refractivity contribution < 1.29 is 22.3 Å². The van der Waals surface area contributed by atoms with Gasteiger partial charge in [0.1, 0.15) is 0 Å². The van der Waals surface area contributed by atoms with Crippen LogP contribution in [0.25, 0.3) is 22.3 Å². The number of alkyl halides is 2. The van der Waals surface area contributed by atoms with E-state index in [1.807, 2.05) is 31.2 Å². The Morgan fingerprint density at radius 1 is 0.800 bits per heavy atom. The largest absolute Gasteiger partial charge is 0.427 e. The first-order valence-corrected chi connectivity index (χ1v) is 7.63. The first-order chi connectivity index (χ1) is 11.9. The summed E-state index contributed by atoms with van der Waals surface area (Å²) in [7, 11) is 0. The number of ether oxygens (including phenoxy) is 1. The van der Waals surface area contributed by atoms with Crippen LogP contribution in [0.3, 0.4) is 0 Å². The molecular formula is C20H12F4O. The quantitative estimate of drug-likeness (QED) is 0.488. The van der Waals surface area contributed by atoms with Gasteiger partial charge < -0.3 is 4.74 Å². The molecule has 5 heteroatoms. The smallest absolute Gasteiger partial charge is 0.425 e.